The number of H-pyrrole nitrogens is 1. The third-order valence-corrected chi connectivity index (χ3v) is 3.63. The van der Waals surface area contributed by atoms with E-state index in [4.69, 9.17) is 0 Å². The Morgan fingerprint density at radius 2 is 2.29 bits per heavy atom. The molecule has 0 aliphatic carbocycles. The number of aromatic amines is 1. The van der Waals surface area contributed by atoms with Crippen molar-refractivity contribution in [1.82, 2.24) is 15.3 Å². The summed E-state index contributed by atoms with van der Waals surface area (Å²) < 4.78 is 0. The number of nitrogens with one attached hydrogen (secondary N) is 2. The van der Waals surface area contributed by atoms with Crippen LogP contribution in [0.4, 0.5) is 0 Å². The number of rotatable bonds is 5. The predicted octanol–water partition coefficient (Wildman–Crippen LogP) is 3.19. The van der Waals surface area contributed by atoms with E-state index in [9.17, 15) is 0 Å². The highest BCUT2D eigenvalue weighted by molar-refractivity contribution is 7.13. The molecule has 0 aromatic carbocycles. The molecule has 0 aliphatic heterocycles. The first-order valence-electron chi connectivity index (χ1n) is 5.96. The molecule has 0 fully saturated rings. The summed E-state index contributed by atoms with van der Waals surface area (Å²) in [5, 5.41) is 5.50. The van der Waals surface area contributed by atoms with E-state index in [1.807, 2.05) is 6.20 Å². The Balaban J connectivity index is 1.99. The van der Waals surface area contributed by atoms with Gasteiger partial charge in [-0.1, -0.05) is 13.8 Å². The minimum absolute atomic E-state index is 0.670. The first-order chi connectivity index (χ1) is 8.16. The summed E-state index contributed by atoms with van der Waals surface area (Å²) in [6, 6.07) is 2.14. The van der Waals surface area contributed by atoms with Gasteiger partial charge in [-0.05, 0) is 36.4 Å². The smallest absolute Gasteiger partial charge is 0.120 e. The van der Waals surface area contributed by atoms with Crippen molar-refractivity contribution in [3.05, 3.63) is 29.0 Å². The van der Waals surface area contributed by atoms with Gasteiger partial charge in [-0.15, -0.1) is 11.3 Å². The zero-order valence-corrected chi connectivity index (χ0v) is 11.4. The molecule has 0 atom stereocenters. The van der Waals surface area contributed by atoms with Crippen molar-refractivity contribution < 1.29 is 0 Å². The summed E-state index contributed by atoms with van der Waals surface area (Å²) in [5.41, 5.74) is 2.43. The van der Waals surface area contributed by atoms with Gasteiger partial charge in [-0.25, -0.2) is 4.98 Å². The van der Waals surface area contributed by atoms with Crippen LogP contribution >= 0.6 is 11.3 Å². The zero-order valence-electron chi connectivity index (χ0n) is 10.6. The molecule has 0 bridgehead atoms. The molecule has 2 aromatic heterocycles. The monoisotopic (exact) mass is 249 g/mol. The summed E-state index contributed by atoms with van der Waals surface area (Å²) >= 11 is 1.75. The molecule has 2 aromatic rings. The lowest BCUT2D eigenvalue weighted by Gasteiger charge is -2.04. The first kappa shape index (κ1) is 12.3. The molecule has 3 nitrogen and oxygen atoms in total. The lowest BCUT2D eigenvalue weighted by Crippen LogP contribution is -2.19. The summed E-state index contributed by atoms with van der Waals surface area (Å²) in [7, 11) is 0. The molecule has 0 radical (unpaired) electrons. The van der Waals surface area contributed by atoms with Gasteiger partial charge in [0.05, 0.1) is 23.3 Å². The molecular formula is C13H19N3S. The van der Waals surface area contributed by atoms with E-state index in [0.717, 1.165) is 24.6 Å². The molecule has 0 spiro atoms. The summed E-state index contributed by atoms with van der Waals surface area (Å²) in [5.74, 6) is 1.68. The van der Waals surface area contributed by atoms with Crippen LogP contribution in [0.3, 0.4) is 0 Å². The lowest BCUT2D eigenvalue weighted by molar-refractivity contribution is 0.545. The quantitative estimate of drug-likeness (QED) is 0.854. The van der Waals surface area contributed by atoms with Crippen LogP contribution < -0.4 is 5.32 Å². The standard InChI is InChI=1S/C13H19N3S/c1-9(2)6-14-8-12-15-7-11(16-12)13-10(3)4-5-17-13/h4-5,7,9,14H,6,8H2,1-3H3,(H,15,16). The third kappa shape index (κ3) is 3.17. The Bertz CT molecular complexity index is 470. The van der Waals surface area contributed by atoms with Crippen LogP contribution in [0.25, 0.3) is 10.6 Å². The van der Waals surface area contributed by atoms with Crippen molar-refractivity contribution >= 4 is 11.3 Å². The van der Waals surface area contributed by atoms with Crippen molar-refractivity contribution in [2.45, 2.75) is 27.3 Å². The average Bonchev–Trinajstić information content (AvgIpc) is 2.86. The summed E-state index contributed by atoms with van der Waals surface area (Å²) in [4.78, 5) is 9.05. The van der Waals surface area contributed by atoms with Gasteiger partial charge in [-0.2, -0.15) is 0 Å². The van der Waals surface area contributed by atoms with Crippen LogP contribution in [0.5, 0.6) is 0 Å². The van der Waals surface area contributed by atoms with Gasteiger partial charge in [-0.3, -0.25) is 0 Å². The Hall–Kier alpha value is -1.13. The Morgan fingerprint density at radius 3 is 2.94 bits per heavy atom. The van der Waals surface area contributed by atoms with Crippen molar-refractivity contribution in [1.29, 1.82) is 0 Å². The molecular weight excluding hydrogens is 230 g/mol. The highest BCUT2D eigenvalue weighted by atomic mass is 32.1. The molecule has 0 unspecified atom stereocenters. The minimum Gasteiger partial charge on any atom is -0.340 e. The van der Waals surface area contributed by atoms with Crippen LogP contribution in [-0.2, 0) is 6.54 Å². The molecule has 4 heteroatoms. The Morgan fingerprint density at radius 1 is 1.47 bits per heavy atom. The normalized spacial score (nSPS) is 11.3. The van der Waals surface area contributed by atoms with E-state index in [1.165, 1.54) is 10.4 Å². The molecule has 0 aliphatic rings. The summed E-state index contributed by atoms with van der Waals surface area (Å²) in [6.07, 6.45) is 1.92. The van der Waals surface area contributed by atoms with E-state index >= 15 is 0 Å². The number of hydrogen-bond acceptors (Lipinski definition) is 3. The number of aryl methyl sites for hydroxylation is 1. The Kier molecular flexibility index (Phi) is 3.97. The van der Waals surface area contributed by atoms with E-state index in [-0.39, 0.29) is 0 Å². The minimum atomic E-state index is 0.670. The maximum absolute atomic E-state index is 4.40. The number of aromatic nitrogens is 2. The van der Waals surface area contributed by atoms with Gasteiger partial charge >= 0.3 is 0 Å². The molecule has 2 heterocycles. The number of imidazole rings is 1. The van der Waals surface area contributed by atoms with E-state index in [2.05, 4.69) is 47.5 Å². The van der Waals surface area contributed by atoms with Crippen molar-refractivity contribution in [2.75, 3.05) is 6.54 Å². The highest BCUT2D eigenvalue weighted by Crippen LogP contribution is 2.27. The van der Waals surface area contributed by atoms with Crippen LogP contribution in [0.1, 0.15) is 25.2 Å². The third-order valence-electron chi connectivity index (χ3n) is 2.58. The molecule has 2 rings (SSSR count). The fourth-order valence-corrected chi connectivity index (χ4v) is 2.59. The molecule has 0 saturated carbocycles. The van der Waals surface area contributed by atoms with Gasteiger partial charge in [0.2, 0.25) is 0 Å². The number of hydrogen-bond donors (Lipinski definition) is 2. The summed E-state index contributed by atoms with van der Waals surface area (Å²) in [6.45, 7) is 8.37. The van der Waals surface area contributed by atoms with Gasteiger partial charge in [0.1, 0.15) is 5.82 Å². The maximum atomic E-state index is 4.40. The van der Waals surface area contributed by atoms with Crippen LogP contribution in [0, 0.1) is 12.8 Å². The average molecular weight is 249 g/mol. The van der Waals surface area contributed by atoms with E-state index < -0.39 is 0 Å². The first-order valence-corrected chi connectivity index (χ1v) is 6.84. The topological polar surface area (TPSA) is 40.7 Å². The SMILES string of the molecule is Cc1ccsc1-c1cnc(CNCC(C)C)[nH]1. The molecule has 0 amide bonds. The van der Waals surface area contributed by atoms with Crippen molar-refractivity contribution in [3.63, 3.8) is 0 Å². The van der Waals surface area contributed by atoms with Crippen LogP contribution in [0.15, 0.2) is 17.6 Å². The molecule has 0 saturated heterocycles. The van der Waals surface area contributed by atoms with Gasteiger partial charge in [0.25, 0.3) is 0 Å². The number of nitrogens with zero attached hydrogens (tertiary/aromatic N) is 1. The lowest BCUT2D eigenvalue weighted by atomic mass is 10.2. The molecule has 17 heavy (non-hydrogen) atoms. The zero-order chi connectivity index (χ0) is 12.3. The Labute approximate surface area is 106 Å². The predicted molar refractivity (Wildman–Crippen MR) is 73.2 cm³/mol. The second-order valence-electron chi connectivity index (χ2n) is 4.70. The van der Waals surface area contributed by atoms with Crippen LogP contribution in [0.2, 0.25) is 0 Å². The van der Waals surface area contributed by atoms with Gasteiger partial charge < -0.3 is 10.3 Å². The highest BCUT2D eigenvalue weighted by Gasteiger charge is 2.07. The molecule has 92 valence electrons. The van der Waals surface area contributed by atoms with Gasteiger partial charge in [0.15, 0.2) is 0 Å². The second-order valence-corrected chi connectivity index (χ2v) is 5.62. The fraction of sp³-hybridized carbons (Fsp3) is 0.462. The van der Waals surface area contributed by atoms with Gasteiger partial charge in [0, 0.05) is 0 Å². The largest absolute Gasteiger partial charge is 0.340 e. The second kappa shape index (κ2) is 5.47. The number of thiophene rings is 1. The van der Waals surface area contributed by atoms with E-state index in [0.29, 0.717) is 5.92 Å². The van der Waals surface area contributed by atoms with Crippen LogP contribution in [-0.4, -0.2) is 16.5 Å². The van der Waals surface area contributed by atoms with Crippen molar-refractivity contribution in [2.24, 2.45) is 5.92 Å². The fourth-order valence-electron chi connectivity index (χ4n) is 1.70. The van der Waals surface area contributed by atoms with E-state index in [1.54, 1.807) is 11.3 Å². The maximum Gasteiger partial charge on any atom is 0.120 e. The molecule has 2 N–H and O–H groups in total. The van der Waals surface area contributed by atoms with Crippen molar-refractivity contribution in [3.8, 4) is 10.6 Å².